The molecule has 13 heavy (non-hydrogen) atoms. The van der Waals surface area contributed by atoms with Gasteiger partial charge in [0, 0.05) is 0 Å². The Labute approximate surface area is 99.0 Å². The molecule has 1 rings (SSSR count). The molecule has 5 heteroatoms. The maximum absolute atomic E-state index is 8.40. The zero-order chi connectivity index (χ0) is 9.94. The minimum atomic E-state index is 0.0644. The Hall–Kier alpha value is 0.563. The summed E-state index contributed by atoms with van der Waals surface area (Å²) >= 11 is 6.64. The molecule has 0 unspecified atom stereocenters. The molecule has 0 spiro atoms. The Morgan fingerprint density at radius 1 is 1.23 bits per heavy atom. The molecule has 0 saturated heterocycles. The van der Waals surface area contributed by atoms with Gasteiger partial charge in [-0.3, -0.25) is 0 Å². The molecule has 0 aliphatic carbocycles. The summed E-state index contributed by atoms with van der Waals surface area (Å²) in [5, 5.41) is 8.40. The van der Waals surface area contributed by atoms with Crippen LogP contribution < -0.4 is 4.74 Å². The van der Waals surface area contributed by atoms with Gasteiger partial charge in [0.05, 0.1) is 6.61 Å². The van der Waals surface area contributed by atoms with E-state index in [2.05, 4.69) is 27.2 Å². The number of hydrogen-bond donors (Lipinski definition) is 1. The third kappa shape index (κ3) is 8.88. The van der Waals surface area contributed by atoms with Gasteiger partial charge in [-0.1, -0.05) is 18.2 Å². The first-order valence-corrected chi connectivity index (χ1v) is 11.4. The van der Waals surface area contributed by atoms with Gasteiger partial charge in [-0.2, -0.15) is 0 Å². The van der Waals surface area contributed by atoms with E-state index in [0.717, 1.165) is 5.75 Å². The van der Waals surface area contributed by atoms with Gasteiger partial charge in [0.1, 0.15) is 12.4 Å². The summed E-state index contributed by atoms with van der Waals surface area (Å²) in [4.78, 5) is 0. The third-order valence-electron chi connectivity index (χ3n) is 1.10. The number of rotatable bonds is 3. The molecule has 0 aliphatic heterocycles. The molecule has 0 radical (unpaired) electrons. The van der Waals surface area contributed by atoms with Gasteiger partial charge in [-0.05, 0) is 12.1 Å². The van der Waals surface area contributed by atoms with Gasteiger partial charge in [-0.15, -0.1) is 0 Å². The van der Waals surface area contributed by atoms with Gasteiger partial charge in [0.15, 0.2) is 0 Å². The summed E-state index contributed by atoms with van der Waals surface area (Å²) in [5.74, 6) is 0.802. The Kier molecular flexibility index (Phi) is 11.1. The Morgan fingerprint density at radius 2 is 1.77 bits per heavy atom. The molecule has 0 saturated carbocycles. The maximum atomic E-state index is 8.40. The molecule has 1 N–H and O–H groups in total. The van der Waals surface area contributed by atoms with E-state index in [0.29, 0.717) is 19.8 Å². The van der Waals surface area contributed by atoms with Crippen molar-refractivity contribution in [2.24, 2.45) is 0 Å². The molecule has 0 bridgehead atoms. The summed E-state index contributed by atoms with van der Waals surface area (Å²) in [6.45, 7) is 0.429. The first-order valence-electron chi connectivity index (χ1n) is 3.49. The zero-order valence-corrected chi connectivity index (χ0v) is 11.7. The van der Waals surface area contributed by atoms with Crippen molar-refractivity contribution < 1.29 is 23.1 Å². The number of aliphatic hydroxyl groups excluding tert-OH is 1. The van der Waals surface area contributed by atoms with E-state index >= 15 is 0 Å². The van der Waals surface area contributed by atoms with E-state index in [4.69, 9.17) is 9.84 Å². The molecule has 1 aromatic carbocycles. The van der Waals surface area contributed by atoms with E-state index in [1.54, 1.807) is 0 Å². The van der Waals surface area contributed by atoms with Crippen LogP contribution >= 0.6 is 27.2 Å². The molecular formula is C8H10Br2O2Ru. The molecule has 0 aliphatic rings. The van der Waals surface area contributed by atoms with Crippen LogP contribution in [-0.4, -0.2) is 18.3 Å². The van der Waals surface area contributed by atoms with E-state index < -0.39 is 0 Å². The van der Waals surface area contributed by atoms with Crippen LogP contribution in [0.25, 0.3) is 0 Å². The SMILES string of the molecule is OCCOc1ccccc1.[Br][Ru][Br]. The fourth-order valence-corrected chi connectivity index (χ4v) is 0.680. The molecule has 2 nitrogen and oxygen atoms in total. The van der Waals surface area contributed by atoms with Crippen LogP contribution in [0.4, 0.5) is 0 Å². The van der Waals surface area contributed by atoms with Crippen LogP contribution in [0.5, 0.6) is 5.75 Å². The number of para-hydroxylation sites is 1. The number of ether oxygens (including phenoxy) is 1. The second-order valence-electron chi connectivity index (χ2n) is 1.94. The van der Waals surface area contributed by atoms with Gasteiger partial charge >= 0.3 is 40.5 Å². The molecule has 0 aromatic heterocycles. The topological polar surface area (TPSA) is 29.5 Å². The van der Waals surface area contributed by atoms with Crippen molar-refractivity contribution in [2.75, 3.05) is 13.2 Å². The fraction of sp³-hybridized carbons (Fsp3) is 0.250. The summed E-state index contributed by atoms with van der Waals surface area (Å²) in [6.07, 6.45) is 0. The van der Waals surface area contributed by atoms with Crippen LogP contribution in [0.15, 0.2) is 30.3 Å². The third-order valence-corrected chi connectivity index (χ3v) is 1.10. The van der Waals surface area contributed by atoms with Crippen LogP contribution in [0.1, 0.15) is 0 Å². The predicted molar refractivity (Wildman–Crippen MR) is 56.9 cm³/mol. The van der Waals surface area contributed by atoms with Gasteiger partial charge in [0.2, 0.25) is 0 Å². The first-order chi connectivity index (χ1) is 6.35. The normalized spacial score (nSPS) is 8.85. The number of halogens is 2. The van der Waals surface area contributed by atoms with Crippen LogP contribution in [0.3, 0.4) is 0 Å². The zero-order valence-electron chi connectivity index (χ0n) is 6.77. The van der Waals surface area contributed by atoms with Crippen molar-refractivity contribution in [3.8, 4) is 5.75 Å². The first kappa shape index (κ1) is 13.6. The van der Waals surface area contributed by atoms with Gasteiger partial charge < -0.3 is 9.84 Å². The predicted octanol–water partition coefficient (Wildman–Crippen LogP) is 2.75. The fourth-order valence-electron chi connectivity index (χ4n) is 0.680. The van der Waals surface area contributed by atoms with Crippen LogP contribution in [0, 0.1) is 0 Å². The summed E-state index contributed by atoms with van der Waals surface area (Å²) in [6, 6.07) is 9.43. The molecule has 0 atom stereocenters. The summed E-state index contributed by atoms with van der Waals surface area (Å²) in [5.41, 5.74) is 0. The second kappa shape index (κ2) is 10.6. The summed E-state index contributed by atoms with van der Waals surface area (Å²) in [7, 11) is 0. The van der Waals surface area contributed by atoms with Crippen molar-refractivity contribution >= 4 is 27.2 Å². The monoisotopic (exact) mass is 398 g/mol. The average molecular weight is 399 g/mol. The summed E-state index contributed by atoms with van der Waals surface area (Å²) < 4.78 is 5.11. The molecule has 1 aromatic rings. The van der Waals surface area contributed by atoms with E-state index in [-0.39, 0.29) is 6.61 Å². The average Bonchev–Trinajstić information content (AvgIpc) is 2.18. The van der Waals surface area contributed by atoms with Crippen molar-refractivity contribution in [1.82, 2.24) is 0 Å². The van der Waals surface area contributed by atoms with Crippen molar-refractivity contribution in [2.45, 2.75) is 0 Å². The standard InChI is InChI=1S/C8H10O2.2BrH.Ru/c9-6-7-10-8-4-2-1-3-5-8;;;/h1-5,9H,6-7H2;2*1H;/q;;;+2/p-2. The molecule has 0 fully saturated rings. The Balaban J connectivity index is 0.000000424. The molecule has 0 heterocycles. The molecular weight excluding hydrogens is 389 g/mol. The molecule has 76 valence electrons. The van der Waals surface area contributed by atoms with Gasteiger partial charge in [0.25, 0.3) is 0 Å². The van der Waals surface area contributed by atoms with Crippen LogP contribution in [0.2, 0.25) is 0 Å². The number of benzene rings is 1. The number of aliphatic hydroxyl groups is 1. The van der Waals surface area contributed by atoms with E-state index in [1.807, 2.05) is 30.3 Å². The van der Waals surface area contributed by atoms with Crippen molar-refractivity contribution in [1.29, 1.82) is 0 Å². The quantitative estimate of drug-likeness (QED) is 0.793. The van der Waals surface area contributed by atoms with Gasteiger partial charge in [-0.25, -0.2) is 0 Å². The van der Waals surface area contributed by atoms with E-state index in [1.165, 1.54) is 0 Å². The second-order valence-corrected chi connectivity index (χ2v) is 9.95. The minimum absolute atomic E-state index is 0.0644. The number of hydrogen-bond acceptors (Lipinski definition) is 2. The molecule has 0 amide bonds. The Bertz CT molecular complexity index is 197. The van der Waals surface area contributed by atoms with E-state index in [9.17, 15) is 0 Å². The van der Waals surface area contributed by atoms with Crippen molar-refractivity contribution in [3.63, 3.8) is 0 Å². The van der Waals surface area contributed by atoms with Crippen molar-refractivity contribution in [3.05, 3.63) is 30.3 Å². The Morgan fingerprint density at radius 3 is 2.23 bits per heavy atom. The van der Waals surface area contributed by atoms with Crippen LogP contribution in [-0.2, 0) is 13.2 Å².